The van der Waals surface area contributed by atoms with Crippen LogP contribution in [-0.2, 0) is 7.05 Å². The number of pyridine rings is 1. The van der Waals surface area contributed by atoms with E-state index in [1.807, 2.05) is 50.4 Å². The van der Waals surface area contributed by atoms with Crippen molar-refractivity contribution in [3.05, 3.63) is 54.5 Å². The molecule has 0 saturated carbocycles. The average Bonchev–Trinajstić information content (AvgIpc) is 2.76. The van der Waals surface area contributed by atoms with Gasteiger partial charge in [0, 0.05) is 25.0 Å². The van der Waals surface area contributed by atoms with Crippen LogP contribution in [0.4, 0.5) is 0 Å². The first-order valence-electron chi connectivity index (χ1n) is 6.40. The van der Waals surface area contributed by atoms with Crippen LogP contribution in [0.1, 0.15) is 5.69 Å². The Hall–Kier alpha value is -2.62. The molecule has 3 aromatic rings. The van der Waals surface area contributed by atoms with Crippen LogP contribution in [0.3, 0.4) is 0 Å². The van der Waals surface area contributed by atoms with Crippen LogP contribution in [0.2, 0.25) is 0 Å². The molecule has 20 heavy (non-hydrogen) atoms. The smallest absolute Gasteiger partial charge is 0.164 e. The lowest BCUT2D eigenvalue weighted by atomic mass is 10.0. The average molecular weight is 265 g/mol. The van der Waals surface area contributed by atoms with Crippen molar-refractivity contribution in [3.63, 3.8) is 0 Å². The van der Waals surface area contributed by atoms with Gasteiger partial charge in [-0.2, -0.15) is 5.10 Å². The predicted molar refractivity (Wildman–Crippen MR) is 78.3 cm³/mol. The monoisotopic (exact) mass is 265 g/mol. The summed E-state index contributed by atoms with van der Waals surface area (Å²) in [6.45, 7) is 1.85. The molecule has 2 aromatic heterocycles. The topological polar surface area (TPSA) is 50.9 Å². The third kappa shape index (κ3) is 2.05. The fourth-order valence-corrected chi connectivity index (χ4v) is 2.18. The molecule has 0 bridgehead atoms. The molecule has 0 amide bonds. The van der Waals surface area contributed by atoms with Crippen LogP contribution in [0, 0.1) is 6.92 Å². The molecule has 0 spiro atoms. The zero-order valence-electron chi connectivity index (χ0n) is 11.4. The highest BCUT2D eigenvalue weighted by molar-refractivity contribution is 5.74. The van der Waals surface area contributed by atoms with Crippen LogP contribution < -0.4 is 0 Å². The first kappa shape index (κ1) is 12.4. The third-order valence-electron chi connectivity index (χ3n) is 3.45. The van der Waals surface area contributed by atoms with Crippen molar-refractivity contribution >= 4 is 0 Å². The first-order chi connectivity index (χ1) is 9.66. The number of aromatic nitrogens is 3. The quantitative estimate of drug-likeness (QED) is 0.774. The highest BCUT2D eigenvalue weighted by atomic mass is 16.3. The summed E-state index contributed by atoms with van der Waals surface area (Å²) >= 11 is 0. The largest absolute Gasteiger partial charge is 0.504 e. The summed E-state index contributed by atoms with van der Waals surface area (Å²) in [5.41, 5.74) is 4.44. The Morgan fingerprint density at radius 3 is 2.35 bits per heavy atom. The Balaban J connectivity index is 2.10. The molecule has 100 valence electrons. The fourth-order valence-electron chi connectivity index (χ4n) is 2.18. The number of aryl methyl sites for hydroxylation is 1. The number of nitrogens with zero attached hydrogens (tertiary/aromatic N) is 3. The van der Waals surface area contributed by atoms with Crippen molar-refractivity contribution in [1.29, 1.82) is 0 Å². The Morgan fingerprint density at radius 1 is 1.00 bits per heavy atom. The molecule has 0 atom stereocenters. The van der Waals surface area contributed by atoms with E-state index in [4.69, 9.17) is 0 Å². The zero-order chi connectivity index (χ0) is 14.1. The molecule has 0 aliphatic heterocycles. The van der Waals surface area contributed by atoms with E-state index in [2.05, 4.69) is 10.1 Å². The van der Waals surface area contributed by atoms with Gasteiger partial charge >= 0.3 is 0 Å². The number of aromatic hydroxyl groups is 1. The molecule has 2 heterocycles. The maximum absolute atomic E-state index is 10.1. The SMILES string of the molecule is Cc1c(O)c(-c2cccc(-c3ccncc3)c2)nn1C. The van der Waals surface area contributed by atoms with E-state index < -0.39 is 0 Å². The second kappa shape index (κ2) is 4.81. The predicted octanol–water partition coefficient (Wildman–Crippen LogP) is 3.16. The lowest BCUT2D eigenvalue weighted by Crippen LogP contribution is -1.92. The molecule has 3 rings (SSSR count). The van der Waals surface area contributed by atoms with Crippen molar-refractivity contribution in [2.45, 2.75) is 6.92 Å². The number of hydrogen-bond donors (Lipinski definition) is 1. The van der Waals surface area contributed by atoms with Gasteiger partial charge in [-0.25, -0.2) is 0 Å². The minimum absolute atomic E-state index is 0.236. The van der Waals surface area contributed by atoms with Crippen LogP contribution >= 0.6 is 0 Å². The Kier molecular flexibility index (Phi) is 2.99. The summed E-state index contributed by atoms with van der Waals surface area (Å²) in [7, 11) is 1.82. The Morgan fingerprint density at radius 2 is 1.70 bits per heavy atom. The van der Waals surface area contributed by atoms with Crippen LogP contribution in [0.15, 0.2) is 48.8 Å². The highest BCUT2D eigenvalue weighted by Crippen LogP contribution is 2.32. The molecule has 0 radical (unpaired) electrons. The van der Waals surface area contributed by atoms with Gasteiger partial charge < -0.3 is 5.11 Å². The summed E-state index contributed by atoms with van der Waals surface area (Å²) < 4.78 is 1.68. The number of hydrogen-bond acceptors (Lipinski definition) is 3. The van der Waals surface area contributed by atoms with Crippen LogP contribution in [-0.4, -0.2) is 19.9 Å². The van der Waals surface area contributed by atoms with E-state index >= 15 is 0 Å². The lowest BCUT2D eigenvalue weighted by molar-refractivity contribution is 0.471. The maximum Gasteiger partial charge on any atom is 0.164 e. The van der Waals surface area contributed by atoms with Crippen LogP contribution in [0.25, 0.3) is 22.4 Å². The third-order valence-corrected chi connectivity index (χ3v) is 3.45. The molecular formula is C16H15N3O. The van der Waals surface area contributed by atoms with Gasteiger partial charge in [0.2, 0.25) is 0 Å². The van der Waals surface area contributed by atoms with Crippen LogP contribution in [0.5, 0.6) is 5.75 Å². The fraction of sp³-hybridized carbons (Fsp3) is 0.125. The Labute approximate surface area is 117 Å². The molecule has 0 saturated heterocycles. The van der Waals surface area contributed by atoms with Crippen molar-refractivity contribution < 1.29 is 5.11 Å². The Bertz CT molecular complexity index is 748. The number of benzene rings is 1. The first-order valence-corrected chi connectivity index (χ1v) is 6.40. The summed E-state index contributed by atoms with van der Waals surface area (Å²) in [6.07, 6.45) is 3.54. The zero-order valence-corrected chi connectivity index (χ0v) is 11.4. The van der Waals surface area contributed by atoms with Crippen molar-refractivity contribution in [2.24, 2.45) is 7.05 Å². The summed E-state index contributed by atoms with van der Waals surface area (Å²) in [5.74, 6) is 0.236. The molecule has 1 aromatic carbocycles. The standard InChI is InChI=1S/C16H15N3O/c1-11-16(20)15(18-19(11)2)14-5-3-4-13(10-14)12-6-8-17-9-7-12/h3-10,20H,1-2H3. The second-order valence-corrected chi connectivity index (χ2v) is 4.72. The van der Waals surface area contributed by atoms with Gasteiger partial charge in [0.1, 0.15) is 5.69 Å². The normalized spacial score (nSPS) is 10.7. The van der Waals surface area contributed by atoms with E-state index in [1.165, 1.54) is 0 Å². The molecule has 0 aliphatic carbocycles. The minimum atomic E-state index is 0.236. The molecule has 0 unspecified atom stereocenters. The molecule has 4 nitrogen and oxygen atoms in total. The summed E-state index contributed by atoms with van der Waals surface area (Å²) in [6, 6.07) is 11.9. The van der Waals surface area contributed by atoms with Gasteiger partial charge in [-0.1, -0.05) is 18.2 Å². The molecule has 1 N–H and O–H groups in total. The summed E-state index contributed by atoms with van der Waals surface area (Å²) in [4.78, 5) is 4.02. The van der Waals surface area contributed by atoms with Crippen molar-refractivity contribution in [3.8, 4) is 28.1 Å². The van der Waals surface area contributed by atoms with Gasteiger partial charge in [0.25, 0.3) is 0 Å². The highest BCUT2D eigenvalue weighted by Gasteiger charge is 2.13. The molecule has 0 aliphatic rings. The van der Waals surface area contributed by atoms with Crippen molar-refractivity contribution in [2.75, 3.05) is 0 Å². The van der Waals surface area contributed by atoms with Gasteiger partial charge in [0.05, 0.1) is 5.69 Å². The molecule has 0 fully saturated rings. The minimum Gasteiger partial charge on any atom is -0.504 e. The van der Waals surface area contributed by atoms with Crippen molar-refractivity contribution in [1.82, 2.24) is 14.8 Å². The van der Waals surface area contributed by atoms with Gasteiger partial charge in [-0.15, -0.1) is 0 Å². The number of rotatable bonds is 2. The van der Waals surface area contributed by atoms with Gasteiger partial charge in [-0.05, 0) is 36.2 Å². The molecular weight excluding hydrogens is 250 g/mol. The lowest BCUT2D eigenvalue weighted by Gasteiger charge is -2.04. The van der Waals surface area contributed by atoms with Gasteiger partial charge in [0.15, 0.2) is 5.75 Å². The van der Waals surface area contributed by atoms with E-state index in [0.717, 1.165) is 22.4 Å². The second-order valence-electron chi connectivity index (χ2n) is 4.72. The van der Waals surface area contributed by atoms with E-state index in [-0.39, 0.29) is 5.75 Å². The molecule has 4 heteroatoms. The van der Waals surface area contributed by atoms with E-state index in [0.29, 0.717) is 5.69 Å². The maximum atomic E-state index is 10.1. The summed E-state index contributed by atoms with van der Waals surface area (Å²) in [5, 5.41) is 14.5. The van der Waals surface area contributed by atoms with E-state index in [1.54, 1.807) is 17.1 Å². The van der Waals surface area contributed by atoms with Gasteiger partial charge in [-0.3, -0.25) is 9.67 Å². The van der Waals surface area contributed by atoms with E-state index in [9.17, 15) is 5.11 Å².